The molecule has 2 aromatic carbocycles. The van der Waals surface area contributed by atoms with Gasteiger partial charge in [0.25, 0.3) is 0 Å². The Balaban J connectivity index is 1.77. The lowest BCUT2D eigenvalue weighted by atomic mass is 10.1. The minimum absolute atomic E-state index is 0.0448. The van der Waals surface area contributed by atoms with Crippen molar-refractivity contribution in [2.75, 3.05) is 5.32 Å². The van der Waals surface area contributed by atoms with Gasteiger partial charge >= 0.3 is 0 Å². The minimum atomic E-state index is 0.0448. The molecular weight excluding hydrogens is 388 g/mol. The first-order valence-electron chi connectivity index (χ1n) is 7.14. The van der Waals surface area contributed by atoms with E-state index in [0.717, 1.165) is 10.2 Å². The first-order valence-corrected chi connectivity index (χ1v) is 9.22. The van der Waals surface area contributed by atoms with Gasteiger partial charge in [-0.05, 0) is 47.4 Å². The van der Waals surface area contributed by atoms with Crippen LogP contribution >= 0.6 is 39.5 Å². The zero-order valence-corrected chi connectivity index (χ0v) is 15.4. The average molecular weight is 403 g/mol. The Morgan fingerprint density at radius 2 is 1.83 bits per heavy atom. The van der Waals surface area contributed by atoms with Crippen LogP contribution in [0.4, 0.5) is 5.69 Å². The molecule has 5 heteroatoms. The number of thiophene rings is 1. The molecule has 0 aliphatic carbocycles. The number of rotatable bonds is 4. The number of nitrogens with one attached hydrogen (secondary N) is 2. The summed E-state index contributed by atoms with van der Waals surface area (Å²) in [7, 11) is 0. The monoisotopic (exact) mass is 402 g/mol. The summed E-state index contributed by atoms with van der Waals surface area (Å²) in [6.45, 7) is 0. The van der Waals surface area contributed by atoms with Crippen LogP contribution in [-0.4, -0.2) is 5.11 Å². The number of anilines is 1. The topological polar surface area (TPSA) is 24.1 Å². The van der Waals surface area contributed by atoms with Gasteiger partial charge in [-0.3, -0.25) is 0 Å². The highest BCUT2D eigenvalue weighted by Crippen LogP contribution is 2.26. The number of halogens is 1. The van der Waals surface area contributed by atoms with Crippen molar-refractivity contribution in [3.8, 4) is 0 Å². The second kappa shape index (κ2) is 7.73. The largest absolute Gasteiger partial charge is 0.351 e. The average Bonchev–Trinajstić information content (AvgIpc) is 3.07. The molecule has 3 aromatic rings. The predicted molar refractivity (Wildman–Crippen MR) is 106 cm³/mol. The number of thiocarbonyl (C=S) groups is 1. The molecule has 0 fully saturated rings. The van der Waals surface area contributed by atoms with Crippen molar-refractivity contribution in [1.29, 1.82) is 0 Å². The highest BCUT2D eigenvalue weighted by molar-refractivity contribution is 9.10. The van der Waals surface area contributed by atoms with Gasteiger partial charge in [-0.25, -0.2) is 0 Å². The fraction of sp³-hybridized carbons (Fsp3) is 0.0556. The molecule has 0 unspecified atom stereocenters. The molecule has 0 amide bonds. The maximum atomic E-state index is 5.50. The van der Waals surface area contributed by atoms with E-state index in [2.05, 4.69) is 56.2 Å². The van der Waals surface area contributed by atoms with E-state index in [4.69, 9.17) is 12.2 Å². The first kappa shape index (κ1) is 16.2. The summed E-state index contributed by atoms with van der Waals surface area (Å²) < 4.78 is 1.02. The second-order valence-electron chi connectivity index (χ2n) is 4.97. The summed E-state index contributed by atoms with van der Waals surface area (Å²) >= 11 is 10.7. The fourth-order valence-corrected chi connectivity index (χ4v) is 3.72. The van der Waals surface area contributed by atoms with Crippen molar-refractivity contribution in [3.63, 3.8) is 0 Å². The molecule has 0 aliphatic heterocycles. The fourth-order valence-electron chi connectivity index (χ4n) is 2.28. The predicted octanol–water partition coefficient (Wildman–Crippen LogP) is 5.59. The summed E-state index contributed by atoms with van der Waals surface area (Å²) in [5.41, 5.74) is 2.14. The van der Waals surface area contributed by atoms with E-state index in [1.54, 1.807) is 11.3 Å². The van der Waals surface area contributed by atoms with Gasteiger partial charge in [-0.1, -0.05) is 58.4 Å². The molecule has 0 spiro atoms. The van der Waals surface area contributed by atoms with Crippen LogP contribution in [0.1, 0.15) is 16.5 Å². The third kappa shape index (κ3) is 4.41. The van der Waals surface area contributed by atoms with E-state index >= 15 is 0 Å². The molecule has 3 rings (SSSR count). The third-order valence-electron chi connectivity index (χ3n) is 3.32. The minimum Gasteiger partial charge on any atom is -0.351 e. The van der Waals surface area contributed by atoms with E-state index in [1.165, 1.54) is 10.4 Å². The normalized spacial score (nSPS) is 11.7. The van der Waals surface area contributed by atoms with Crippen molar-refractivity contribution < 1.29 is 0 Å². The lowest BCUT2D eigenvalue weighted by molar-refractivity contribution is 0.784. The Labute approximate surface area is 153 Å². The van der Waals surface area contributed by atoms with Gasteiger partial charge < -0.3 is 10.6 Å². The standard InChI is InChI=1S/C18H15BrN2S2/c19-14-8-4-9-15(12-14)20-18(22)21-17(16-10-5-11-23-16)13-6-2-1-3-7-13/h1-12,17H,(H2,20,21,22)/t17-/m0/s1. The Hall–Kier alpha value is -1.69. The second-order valence-corrected chi connectivity index (χ2v) is 7.27. The molecule has 0 aliphatic rings. The first-order chi connectivity index (χ1) is 11.2. The van der Waals surface area contributed by atoms with Crippen molar-refractivity contribution >= 4 is 50.3 Å². The van der Waals surface area contributed by atoms with Gasteiger partial charge in [0.2, 0.25) is 0 Å². The van der Waals surface area contributed by atoms with E-state index in [9.17, 15) is 0 Å². The molecule has 1 aromatic heterocycles. The van der Waals surface area contributed by atoms with Gasteiger partial charge in [0.15, 0.2) is 5.11 Å². The summed E-state index contributed by atoms with van der Waals surface area (Å²) in [6, 6.07) is 22.5. The molecule has 116 valence electrons. The van der Waals surface area contributed by atoms with Gasteiger partial charge in [0, 0.05) is 15.0 Å². The smallest absolute Gasteiger partial charge is 0.171 e. The zero-order valence-electron chi connectivity index (χ0n) is 12.2. The van der Waals surface area contributed by atoms with Crippen molar-refractivity contribution in [2.24, 2.45) is 0 Å². The number of hydrogen-bond donors (Lipinski definition) is 2. The van der Waals surface area contributed by atoms with Crippen molar-refractivity contribution in [2.45, 2.75) is 6.04 Å². The van der Waals surface area contributed by atoms with Crippen molar-refractivity contribution in [3.05, 3.63) is 87.0 Å². The van der Waals surface area contributed by atoms with E-state index in [-0.39, 0.29) is 6.04 Å². The Kier molecular flexibility index (Phi) is 5.43. The zero-order chi connectivity index (χ0) is 16.1. The molecule has 0 saturated heterocycles. The van der Waals surface area contributed by atoms with Gasteiger partial charge in [-0.15, -0.1) is 11.3 Å². The van der Waals surface area contributed by atoms with Crippen LogP contribution in [-0.2, 0) is 0 Å². The van der Waals surface area contributed by atoms with Crippen LogP contribution in [0.3, 0.4) is 0 Å². The van der Waals surface area contributed by atoms with E-state index < -0.39 is 0 Å². The Morgan fingerprint density at radius 1 is 1.00 bits per heavy atom. The maximum Gasteiger partial charge on any atom is 0.171 e. The third-order valence-corrected chi connectivity index (χ3v) is 4.97. The molecule has 0 saturated carbocycles. The van der Waals surface area contributed by atoms with Gasteiger partial charge in [0.1, 0.15) is 0 Å². The van der Waals surface area contributed by atoms with Gasteiger partial charge in [0.05, 0.1) is 6.04 Å². The number of hydrogen-bond acceptors (Lipinski definition) is 2. The quantitative estimate of drug-likeness (QED) is 0.556. The van der Waals surface area contributed by atoms with E-state index in [1.807, 2.05) is 42.5 Å². The Morgan fingerprint density at radius 3 is 2.52 bits per heavy atom. The van der Waals surface area contributed by atoms with Crippen LogP contribution in [0.15, 0.2) is 76.6 Å². The SMILES string of the molecule is S=C(Nc1cccc(Br)c1)N[C@@H](c1ccccc1)c1cccs1. The summed E-state index contributed by atoms with van der Waals surface area (Å²) in [5.74, 6) is 0. The molecule has 23 heavy (non-hydrogen) atoms. The molecule has 2 nitrogen and oxygen atoms in total. The van der Waals surface area contributed by atoms with Crippen LogP contribution in [0.2, 0.25) is 0 Å². The summed E-state index contributed by atoms with van der Waals surface area (Å²) in [4.78, 5) is 1.23. The molecule has 1 heterocycles. The highest BCUT2D eigenvalue weighted by Gasteiger charge is 2.16. The molecule has 0 bridgehead atoms. The lowest BCUT2D eigenvalue weighted by Gasteiger charge is -2.20. The van der Waals surface area contributed by atoms with Crippen LogP contribution in [0.5, 0.6) is 0 Å². The summed E-state index contributed by atoms with van der Waals surface area (Å²) in [5, 5.41) is 9.34. The lowest BCUT2D eigenvalue weighted by Crippen LogP contribution is -2.32. The van der Waals surface area contributed by atoms with Crippen LogP contribution in [0, 0.1) is 0 Å². The molecule has 0 radical (unpaired) electrons. The van der Waals surface area contributed by atoms with Crippen LogP contribution in [0.25, 0.3) is 0 Å². The number of benzene rings is 2. The maximum absolute atomic E-state index is 5.50. The molecule has 2 N–H and O–H groups in total. The Bertz CT molecular complexity index is 773. The van der Waals surface area contributed by atoms with Crippen molar-refractivity contribution in [1.82, 2.24) is 5.32 Å². The molecular formula is C18H15BrN2S2. The van der Waals surface area contributed by atoms with Crippen LogP contribution < -0.4 is 10.6 Å². The summed E-state index contributed by atoms with van der Waals surface area (Å²) in [6.07, 6.45) is 0. The van der Waals surface area contributed by atoms with Gasteiger partial charge in [-0.2, -0.15) is 0 Å². The van der Waals surface area contributed by atoms with E-state index in [0.29, 0.717) is 5.11 Å². The molecule has 1 atom stereocenters. The highest BCUT2D eigenvalue weighted by atomic mass is 79.9.